The molecule has 0 saturated heterocycles. The van der Waals surface area contributed by atoms with E-state index in [1.807, 2.05) is 0 Å². The third kappa shape index (κ3) is 26.4. The van der Waals surface area contributed by atoms with Gasteiger partial charge < -0.3 is 20.4 Å². The highest BCUT2D eigenvalue weighted by atomic mass is 16.3. The molecule has 0 saturated carbocycles. The van der Waals surface area contributed by atoms with Crippen LogP contribution in [0.15, 0.2) is 0 Å². The maximum atomic E-state index is 10.5. The molecule has 4 atom stereocenters. The van der Waals surface area contributed by atoms with Crippen molar-refractivity contribution in [2.75, 3.05) is 6.61 Å². The lowest BCUT2D eigenvalue weighted by molar-refractivity contribution is -0.0351. The number of unbranched alkanes of at least 4 members (excludes halogenated alkanes) is 23. The van der Waals surface area contributed by atoms with Crippen LogP contribution in [0.25, 0.3) is 0 Å². The van der Waals surface area contributed by atoms with Gasteiger partial charge in [0.25, 0.3) is 0 Å². The second kappa shape index (κ2) is 30.8. The van der Waals surface area contributed by atoms with Crippen LogP contribution >= 0.6 is 0 Å². The van der Waals surface area contributed by atoms with Gasteiger partial charge in [0.2, 0.25) is 0 Å². The second-order valence-corrected chi connectivity index (χ2v) is 12.2. The first-order valence-corrected chi connectivity index (χ1v) is 17.5. The van der Waals surface area contributed by atoms with E-state index in [2.05, 4.69) is 19.2 Å². The lowest BCUT2D eigenvalue weighted by Crippen LogP contribution is -2.52. The van der Waals surface area contributed by atoms with Gasteiger partial charge in [0.05, 0.1) is 24.9 Å². The van der Waals surface area contributed by atoms with Gasteiger partial charge in [0, 0.05) is 0 Å². The van der Waals surface area contributed by atoms with Gasteiger partial charge in [-0.15, -0.1) is 0 Å². The predicted octanol–water partition coefficient (Wildman–Crippen LogP) is 8.55. The number of hydrogen-bond acceptors (Lipinski definition) is 5. The van der Waals surface area contributed by atoms with Crippen LogP contribution in [0.4, 0.5) is 0 Å². The van der Waals surface area contributed by atoms with E-state index < -0.39 is 24.5 Å². The molecule has 0 aliphatic rings. The summed E-state index contributed by atoms with van der Waals surface area (Å²) in [7, 11) is 0. The summed E-state index contributed by atoms with van der Waals surface area (Å²) in [5, 5.41) is 43.7. The van der Waals surface area contributed by atoms with E-state index in [0.29, 0.717) is 12.8 Å². The molecule has 39 heavy (non-hydrogen) atoms. The fraction of sp³-hybridized carbons (Fsp3) is 1.00. The third-order valence-electron chi connectivity index (χ3n) is 8.37. The molecule has 0 amide bonds. The van der Waals surface area contributed by atoms with Crippen molar-refractivity contribution in [1.82, 2.24) is 5.32 Å². The van der Waals surface area contributed by atoms with Gasteiger partial charge in [-0.25, -0.2) is 0 Å². The smallest absolute Gasteiger partial charge is 0.131 e. The predicted molar refractivity (Wildman–Crippen MR) is 168 cm³/mol. The topological polar surface area (TPSA) is 93.0 Å². The zero-order valence-corrected chi connectivity index (χ0v) is 26.4. The number of rotatable bonds is 32. The molecular weight excluding hydrogens is 486 g/mol. The van der Waals surface area contributed by atoms with Gasteiger partial charge in [-0.05, 0) is 12.8 Å². The molecule has 0 aliphatic carbocycles. The summed E-state index contributed by atoms with van der Waals surface area (Å²) in [4.78, 5) is 0. The molecule has 0 aliphatic heterocycles. The first-order chi connectivity index (χ1) is 19.1. The molecule has 0 fully saturated rings. The van der Waals surface area contributed by atoms with Crippen molar-refractivity contribution in [2.45, 2.75) is 212 Å². The Kier molecular flexibility index (Phi) is 30.6. The summed E-state index contributed by atoms with van der Waals surface area (Å²) < 4.78 is 0. The van der Waals surface area contributed by atoms with E-state index in [9.17, 15) is 20.4 Å². The number of hydrogen-bond donors (Lipinski definition) is 5. The molecule has 0 bridgehead atoms. The van der Waals surface area contributed by atoms with Crippen LogP contribution in [0.3, 0.4) is 0 Å². The van der Waals surface area contributed by atoms with Crippen molar-refractivity contribution in [3.8, 4) is 0 Å². The third-order valence-corrected chi connectivity index (χ3v) is 8.37. The number of aliphatic hydroxyl groups excluding tert-OH is 4. The SMILES string of the molecule is CCCCCCCCCCCCCCCC(O)C(CO)NC(O)C(O)CCCCCCCCCCCCCC. The normalized spacial score (nSPS) is 14.9. The minimum atomic E-state index is -1.11. The molecular formula is C34H71NO4. The van der Waals surface area contributed by atoms with Gasteiger partial charge in [0.15, 0.2) is 0 Å². The lowest BCUT2D eigenvalue weighted by Gasteiger charge is -2.27. The van der Waals surface area contributed by atoms with Crippen LogP contribution in [0.5, 0.6) is 0 Å². The van der Waals surface area contributed by atoms with Gasteiger partial charge in [-0.2, -0.15) is 0 Å². The van der Waals surface area contributed by atoms with Crippen molar-refractivity contribution >= 4 is 0 Å². The summed E-state index contributed by atoms with van der Waals surface area (Å²) in [6.07, 6.45) is 30.4. The summed E-state index contributed by atoms with van der Waals surface area (Å²) in [6, 6.07) is -0.603. The highest BCUT2D eigenvalue weighted by molar-refractivity contribution is 4.79. The zero-order valence-electron chi connectivity index (χ0n) is 26.4. The van der Waals surface area contributed by atoms with Gasteiger partial charge in [-0.3, -0.25) is 5.32 Å². The average molecular weight is 558 g/mol. The van der Waals surface area contributed by atoms with E-state index in [0.717, 1.165) is 25.7 Å². The Hall–Kier alpha value is -0.200. The molecule has 0 aromatic rings. The van der Waals surface area contributed by atoms with Crippen molar-refractivity contribution in [2.24, 2.45) is 0 Å². The number of nitrogens with one attached hydrogen (secondary N) is 1. The van der Waals surface area contributed by atoms with E-state index in [1.165, 1.54) is 135 Å². The van der Waals surface area contributed by atoms with Crippen LogP contribution < -0.4 is 5.32 Å². The first kappa shape index (κ1) is 38.8. The van der Waals surface area contributed by atoms with Crippen LogP contribution in [0.2, 0.25) is 0 Å². The summed E-state index contributed by atoms with van der Waals surface area (Å²) in [5.74, 6) is 0. The Morgan fingerprint density at radius 3 is 1.00 bits per heavy atom. The summed E-state index contributed by atoms with van der Waals surface area (Å²) >= 11 is 0. The molecule has 0 aromatic carbocycles. The van der Waals surface area contributed by atoms with E-state index in [4.69, 9.17) is 0 Å². The molecule has 4 unspecified atom stereocenters. The highest BCUT2D eigenvalue weighted by Crippen LogP contribution is 2.16. The Morgan fingerprint density at radius 1 is 0.410 bits per heavy atom. The van der Waals surface area contributed by atoms with Crippen molar-refractivity contribution < 1.29 is 20.4 Å². The molecule has 0 aromatic heterocycles. The fourth-order valence-corrected chi connectivity index (χ4v) is 5.54. The van der Waals surface area contributed by atoms with E-state index in [1.54, 1.807) is 0 Å². The maximum absolute atomic E-state index is 10.5. The molecule has 236 valence electrons. The summed E-state index contributed by atoms with van der Waals surface area (Å²) in [5.41, 5.74) is 0. The lowest BCUT2D eigenvalue weighted by atomic mass is 10.0. The first-order valence-electron chi connectivity index (χ1n) is 17.5. The second-order valence-electron chi connectivity index (χ2n) is 12.2. The average Bonchev–Trinajstić information content (AvgIpc) is 2.94. The van der Waals surface area contributed by atoms with Crippen molar-refractivity contribution in [3.63, 3.8) is 0 Å². The van der Waals surface area contributed by atoms with Crippen LogP contribution in [-0.4, -0.2) is 51.5 Å². The Morgan fingerprint density at radius 2 is 0.692 bits per heavy atom. The Bertz CT molecular complexity index is 464. The molecule has 0 rings (SSSR count). The highest BCUT2D eigenvalue weighted by Gasteiger charge is 2.24. The summed E-state index contributed by atoms with van der Waals surface area (Å²) in [6.45, 7) is 4.27. The van der Waals surface area contributed by atoms with Crippen LogP contribution in [0.1, 0.15) is 187 Å². The number of aliphatic hydroxyl groups is 4. The monoisotopic (exact) mass is 558 g/mol. The molecule has 5 heteroatoms. The molecule has 5 nitrogen and oxygen atoms in total. The standard InChI is InChI=1S/C34H71NO4/c1-3-5-7-9-11-13-15-17-19-20-22-24-26-28-32(37)31(30-36)35-34(39)33(38)29-27-25-23-21-18-16-14-12-10-8-6-4-2/h31-39H,3-30H2,1-2H3. The maximum Gasteiger partial charge on any atom is 0.131 e. The van der Waals surface area contributed by atoms with Crippen LogP contribution in [-0.2, 0) is 0 Å². The Labute approximate surface area is 244 Å². The van der Waals surface area contributed by atoms with E-state index >= 15 is 0 Å². The van der Waals surface area contributed by atoms with Gasteiger partial charge in [-0.1, -0.05) is 174 Å². The minimum absolute atomic E-state index is 0.248. The molecule has 5 N–H and O–H groups in total. The molecule has 0 spiro atoms. The van der Waals surface area contributed by atoms with E-state index in [-0.39, 0.29) is 6.61 Å². The van der Waals surface area contributed by atoms with Crippen molar-refractivity contribution in [1.29, 1.82) is 0 Å². The quantitative estimate of drug-likeness (QED) is 0.0422. The zero-order chi connectivity index (χ0) is 28.8. The minimum Gasteiger partial charge on any atom is -0.395 e. The Balaban J connectivity index is 3.68. The van der Waals surface area contributed by atoms with Crippen LogP contribution in [0, 0.1) is 0 Å². The van der Waals surface area contributed by atoms with Crippen molar-refractivity contribution in [3.05, 3.63) is 0 Å². The fourth-order valence-electron chi connectivity index (χ4n) is 5.54. The molecule has 0 heterocycles. The largest absolute Gasteiger partial charge is 0.395 e. The van der Waals surface area contributed by atoms with Gasteiger partial charge in [0.1, 0.15) is 6.23 Å². The van der Waals surface area contributed by atoms with Gasteiger partial charge >= 0.3 is 0 Å². The molecule has 0 radical (unpaired) electrons.